The molecular weight excluding hydrogens is 288 g/mol. The fourth-order valence-electron chi connectivity index (χ4n) is 1.72. The number of nitro groups is 1. The van der Waals surface area contributed by atoms with Crippen molar-refractivity contribution in [3.05, 3.63) is 37.3 Å². The topological polar surface area (TPSA) is 73.0 Å². The molecule has 0 spiro atoms. The van der Waals surface area contributed by atoms with E-state index in [2.05, 4.69) is 10.3 Å². The number of rotatable bonds is 4. The van der Waals surface area contributed by atoms with Gasteiger partial charge in [0.25, 0.3) is 0 Å². The Morgan fingerprint density at radius 3 is 2.79 bits per heavy atom. The quantitative estimate of drug-likeness (QED) is 0.692. The lowest BCUT2D eigenvalue weighted by molar-refractivity contribution is -0.388. The minimum absolute atomic E-state index is 0.0778. The average Bonchev–Trinajstić information content (AvgIpc) is 2.88. The van der Waals surface area contributed by atoms with Crippen LogP contribution in [-0.2, 0) is 7.05 Å². The molecule has 2 aromatic heterocycles. The molecule has 0 aliphatic heterocycles. The molecule has 1 atom stereocenters. The summed E-state index contributed by atoms with van der Waals surface area (Å²) < 4.78 is 2.36. The minimum atomic E-state index is -0.483. The molecule has 0 fully saturated rings. The van der Waals surface area contributed by atoms with Gasteiger partial charge in [-0.05, 0) is 29.0 Å². The molecule has 0 radical (unpaired) electrons. The first-order chi connectivity index (χ1) is 8.90. The van der Waals surface area contributed by atoms with E-state index in [-0.39, 0.29) is 11.9 Å². The highest BCUT2D eigenvalue weighted by atomic mass is 35.5. The van der Waals surface area contributed by atoms with Crippen LogP contribution in [0.1, 0.15) is 23.7 Å². The zero-order chi connectivity index (χ0) is 14.2. The first-order valence-corrected chi connectivity index (χ1v) is 6.79. The Morgan fingerprint density at radius 1 is 1.58 bits per heavy atom. The van der Waals surface area contributed by atoms with Crippen LogP contribution < -0.4 is 5.32 Å². The second-order valence-electron chi connectivity index (χ2n) is 4.16. The van der Waals surface area contributed by atoms with Crippen LogP contribution in [-0.4, -0.2) is 14.5 Å². The zero-order valence-corrected chi connectivity index (χ0v) is 12.2. The number of nitrogens with zero attached hydrogens (tertiary/aromatic N) is 3. The SMILES string of the molecule is Cc1nc([N+](=O)[O-])c(NC(C)c2ccc(Cl)s2)n1C. The van der Waals surface area contributed by atoms with E-state index in [9.17, 15) is 10.1 Å². The van der Waals surface area contributed by atoms with E-state index in [1.165, 1.54) is 11.3 Å². The second kappa shape index (κ2) is 5.18. The molecule has 8 heteroatoms. The Balaban J connectivity index is 2.30. The van der Waals surface area contributed by atoms with Crippen LogP contribution in [0, 0.1) is 17.0 Å². The van der Waals surface area contributed by atoms with E-state index in [4.69, 9.17) is 11.6 Å². The van der Waals surface area contributed by atoms with Crippen molar-refractivity contribution in [2.24, 2.45) is 7.05 Å². The molecule has 0 aliphatic carbocycles. The highest BCUT2D eigenvalue weighted by molar-refractivity contribution is 7.16. The van der Waals surface area contributed by atoms with Crippen LogP contribution in [0.3, 0.4) is 0 Å². The van der Waals surface area contributed by atoms with Gasteiger partial charge < -0.3 is 15.4 Å². The van der Waals surface area contributed by atoms with E-state index in [0.29, 0.717) is 16.0 Å². The Hall–Kier alpha value is -1.60. The fourth-order valence-corrected chi connectivity index (χ4v) is 2.78. The van der Waals surface area contributed by atoms with Gasteiger partial charge in [-0.3, -0.25) is 4.57 Å². The van der Waals surface area contributed by atoms with Crippen molar-refractivity contribution in [2.45, 2.75) is 19.9 Å². The fraction of sp³-hybridized carbons (Fsp3) is 0.364. The third kappa shape index (κ3) is 2.71. The lowest BCUT2D eigenvalue weighted by Gasteiger charge is -2.13. The van der Waals surface area contributed by atoms with Crippen molar-refractivity contribution in [2.75, 3.05) is 5.32 Å². The normalized spacial score (nSPS) is 12.4. The summed E-state index contributed by atoms with van der Waals surface area (Å²) in [4.78, 5) is 15.5. The minimum Gasteiger partial charge on any atom is -0.358 e. The van der Waals surface area contributed by atoms with E-state index in [1.54, 1.807) is 18.5 Å². The highest BCUT2D eigenvalue weighted by Crippen LogP contribution is 2.32. The molecule has 0 saturated carbocycles. The molecule has 0 aliphatic rings. The highest BCUT2D eigenvalue weighted by Gasteiger charge is 2.25. The summed E-state index contributed by atoms with van der Waals surface area (Å²) in [5.41, 5.74) is 0. The van der Waals surface area contributed by atoms with Crippen molar-refractivity contribution in [1.29, 1.82) is 0 Å². The largest absolute Gasteiger partial charge is 0.406 e. The Labute approximate surface area is 119 Å². The van der Waals surface area contributed by atoms with Crippen LogP contribution in [0.4, 0.5) is 11.6 Å². The molecule has 1 N–H and O–H groups in total. The maximum atomic E-state index is 11.0. The maximum absolute atomic E-state index is 11.0. The van der Waals surface area contributed by atoms with Gasteiger partial charge in [-0.25, -0.2) is 0 Å². The van der Waals surface area contributed by atoms with Crippen LogP contribution in [0.5, 0.6) is 0 Å². The summed E-state index contributed by atoms with van der Waals surface area (Å²) in [5, 5.41) is 14.1. The Bertz CT molecular complexity index is 622. The number of hydrogen-bond donors (Lipinski definition) is 1. The third-order valence-electron chi connectivity index (χ3n) is 2.85. The van der Waals surface area contributed by atoms with E-state index in [1.807, 2.05) is 19.1 Å². The number of thiophene rings is 1. The Kier molecular flexibility index (Phi) is 3.77. The first kappa shape index (κ1) is 13.8. The zero-order valence-electron chi connectivity index (χ0n) is 10.7. The van der Waals surface area contributed by atoms with Gasteiger partial charge in [0.1, 0.15) is 0 Å². The number of aromatic nitrogens is 2. The molecule has 6 nitrogen and oxygen atoms in total. The number of imidazole rings is 1. The van der Waals surface area contributed by atoms with Gasteiger partial charge in [-0.15, -0.1) is 11.3 Å². The van der Waals surface area contributed by atoms with Gasteiger partial charge in [-0.1, -0.05) is 11.6 Å². The number of halogens is 1. The van der Waals surface area contributed by atoms with Crippen LogP contribution in [0.2, 0.25) is 4.34 Å². The molecule has 102 valence electrons. The van der Waals surface area contributed by atoms with Gasteiger partial charge in [0, 0.05) is 18.8 Å². The molecular formula is C11H13ClN4O2S. The molecule has 0 amide bonds. The second-order valence-corrected chi connectivity index (χ2v) is 5.90. The van der Waals surface area contributed by atoms with Gasteiger partial charge in [0.05, 0.1) is 10.4 Å². The van der Waals surface area contributed by atoms with E-state index in [0.717, 1.165) is 4.88 Å². The van der Waals surface area contributed by atoms with Gasteiger partial charge >= 0.3 is 5.82 Å². The van der Waals surface area contributed by atoms with Crippen LogP contribution in [0.25, 0.3) is 0 Å². The molecule has 0 saturated heterocycles. The van der Waals surface area contributed by atoms with Crippen molar-refractivity contribution in [1.82, 2.24) is 9.55 Å². The van der Waals surface area contributed by atoms with Gasteiger partial charge in [0.2, 0.25) is 11.6 Å². The number of anilines is 1. The molecule has 0 aromatic carbocycles. The van der Waals surface area contributed by atoms with Crippen molar-refractivity contribution < 1.29 is 4.92 Å². The summed E-state index contributed by atoms with van der Waals surface area (Å²) in [7, 11) is 1.74. The standard InChI is InChI=1S/C11H13ClN4O2S/c1-6(8-4-5-9(12)19-8)13-10-11(16(17)18)14-7(2)15(10)3/h4-6,13H,1-3H3. The van der Waals surface area contributed by atoms with E-state index < -0.39 is 4.92 Å². The Morgan fingerprint density at radius 2 is 2.26 bits per heavy atom. The number of aryl methyl sites for hydroxylation is 1. The summed E-state index contributed by atoms with van der Waals surface area (Å²) in [6.45, 7) is 3.65. The molecule has 1 unspecified atom stereocenters. The average molecular weight is 301 g/mol. The predicted molar refractivity (Wildman–Crippen MR) is 76.0 cm³/mol. The third-order valence-corrected chi connectivity index (χ3v) is 4.26. The smallest absolute Gasteiger partial charge is 0.358 e. The van der Waals surface area contributed by atoms with Crippen molar-refractivity contribution in [3.8, 4) is 0 Å². The van der Waals surface area contributed by atoms with Gasteiger partial charge in [-0.2, -0.15) is 0 Å². The lowest BCUT2D eigenvalue weighted by Crippen LogP contribution is -2.10. The number of nitrogens with one attached hydrogen (secondary N) is 1. The number of hydrogen-bond acceptors (Lipinski definition) is 5. The summed E-state index contributed by atoms with van der Waals surface area (Å²) >= 11 is 7.33. The summed E-state index contributed by atoms with van der Waals surface area (Å²) in [6.07, 6.45) is 0. The predicted octanol–water partition coefficient (Wildman–Crippen LogP) is 3.52. The van der Waals surface area contributed by atoms with E-state index >= 15 is 0 Å². The molecule has 2 aromatic rings. The van der Waals surface area contributed by atoms with Crippen molar-refractivity contribution >= 4 is 34.6 Å². The van der Waals surface area contributed by atoms with Crippen molar-refractivity contribution in [3.63, 3.8) is 0 Å². The van der Waals surface area contributed by atoms with Gasteiger partial charge in [0.15, 0.2) is 0 Å². The lowest BCUT2D eigenvalue weighted by atomic mass is 10.3. The summed E-state index contributed by atoms with van der Waals surface area (Å²) in [6, 6.07) is 3.63. The summed E-state index contributed by atoms with van der Waals surface area (Å²) in [5.74, 6) is 0.833. The monoisotopic (exact) mass is 300 g/mol. The molecule has 19 heavy (non-hydrogen) atoms. The first-order valence-electron chi connectivity index (χ1n) is 5.59. The maximum Gasteiger partial charge on any atom is 0.406 e. The molecule has 2 rings (SSSR count). The van der Waals surface area contributed by atoms with Crippen LogP contribution in [0.15, 0.2) is 12.1 Å². The van der Waals surface area contributed by atoms with Crippen LogP contribution >= 0.6 is 22.9 Å². The molecule has 0 bridgehead atoms. The molecule has 2 heterocycles.